The molecule has 1 fully saturated rings. The molecule has 0 bridgehead atoms. The summed E-state index contributed by atoms with van der Waals surface area (Å²) in [7, 11) is 0. The molecule has 0 saturated heterocycles. The van der Waals surface area contributed by atoms with Gasteiger partial charge in [0.25, 0.3) is 0 Å². The van der Waals surface area contributed by atoms with E-state index in [0.29, 0.717) is 11.1 Å². The van der Waals surface area contributed by atoms with Crippen molar-refractivity contribution in [2.24, 2.45) is 0 Å². The maximum Gasteiger partial charge on any atom is 0.0737 e. The van der Waals surface area contributed by atoms with Crippen LogP contribution in [-0.2, 0) is 0 Å². The highest BCUT2D eigenvalue weighted by molar-refractivity contribution is 6.31. The summed E-state index contributed by atoms with van der Waals surface area (Å²) in [4.78, 5) is 4.34. The highest BCUT2D eigenvalue weighted by Crippen LogP contribution is 2.28. The van der Waals surface area contributed by atoms with E-state index in [4.69, 9.17) is 11.6 Å². The molecule has 0 aliphatic heterocycles. The molecule has 100 valence electrons. The third-order valence-corrected chi connectivity index (χ3v) is 4.00. The third kappa shape index (κ3) is 2.82. The molecule has 19 heavy (non-hydrogen) atoms. The molecule has 1 aliphatic carbocycles. The first-order valence-corrected chi connectivity index (χ1v) is 7.09. The molecule has 1 heterocycles. The molecule has 1 aromatic carbocycles. The zero-order valence-corrected chi connectivity index (χ0v) is 11.4. The first kappa shape index (κ1) is 12.7. The molecular formula is C15H17ClN2O. The lowest BCUT2D eigenvalue weighted by molar-refractivity contribution is 0.126. The van der Waals surface area contributed by atoms with Crippen molar-refractivity contribution in [3.05, 3.63) is 35.5 Å². The Balaban J connectivity index is 1.84. The molecule has 0 atom stereocenters. The van der Waals surface area contributed by atoms with Crippen molar-refractivity contribution in [1.82, 2.24) is 4.98 Å². The summed E-state index contributed by atoms with van der Waals surface area (Å²) in [6.07, 6.45) is 5.47. The van der Waals surface area contributed by atoms with Crippen LogP contribution in [0.25, 0.3) is 10.9 Å². The molecule has 0 amide bonds. The summed E-state index contributed by atoms with van der Waals surface area (Å²) in [6, 6.07) is 8.21. The van der Waals surface area contributed by atoms with Crippen LogP contribution >= 0.6 is 11.6 Å². The number of hydrogen-bond acceptors (Lipinski definition) is 3. The minimum absolute atomic E-state index is 0.119. The Labute approximate surface area is 117 Å². The Bertz CT molecular complexity index is 579. The summed E-state index contributed by atoms with van der Waals surface area (Å²) in [5.41, 5.74) is 2.01. The van der Waals surface area contributed by atoms with Crippen LogP contribution in [0.5, 0.6) is 0 Å². The van der Waals surface area contributed by atoms with Gasteiger partial charge >= 0.3 is 0 Å². The molecule has 0 unspecified atom stereocenters. The van der Waals surface area contributed by atoms with Crippen LogP contribution in [-0.4, -0.2) is 22.2 Å². The number of rotatable bonds is 2. The van der Waals surface area contributed by atoms with Gasteiger partial charge in [0.1, 0.15) is 0 Å². The predicted molar refractivity (Wildman–Crippen MR) is 78.6 cm³/mol. The molecule has 2 aromatic rings. The van der Waals surface area contributed by atoms with Gasteiger partial charge in [-0.2, -0.15) is 0 Å². The van der Waals surface area contributed by atoms with E-state index >= 15 is 0 Å². The Kier molecular flexibility index (Phi) is 3.58. The first-order chi connectivity index (χ1) is 9.22. The second kappa shape index (κ2) is 5.35. The van der Waals surface area contributed by atoms with Gasteiger partial charge in [-0.1, -0.05) is 11.6 Å². The van der Waals surface area contributed by atoms with E-state index in [1.165, 1.54) is 0 Å². The van der Waals surface area contributed by atoms with Gasteiger partial charge in [-0.3, -0.25) is 4.98 Å². The standard InChI is InChI=1S/C15H17ClN2O/c16-10-1-6-13-14(7-8-17-15(13)9-10)18-11-2-4-12(19)5-3-11/h1,6-9,11-12,19H,2-5H2,(H,17,18)/t11-,12-. The Hall–Kier alpha value is -1.32. The van der Waals surface area contributed by atoms with Gasteiger partial charge in [0.2, 0.25) is 0 Å². The third-order valence-electron chi connectivity index (χ3n) is 3.76. The summed E-state index contributed by atoms with van der Waals surface area (Å²) in [6.45, 7) is 0. The molecule has 4 heteroatoms. The van der Waals surface area contributed by atoms with Crippen LogP contribution in [0, 0.1) is 0 Å². The fourth-order valence-corrected chi connectivity index (χ4v) is 2.85. The van der Waals surface area contributed by atoms with E-state index in [9.17, 15) is 5.11 Å². The van der Waals surface area contributed by atoms with Crippen molar-refractivity contribution in [3.63, 3.8) is 0 Å². The van der Waals surface area contributed by atoms with Gasteiger partial charge in [-0.15, -0.1) is 0 Å². The van der Waals surface area contributed by atoms with Crippen LogP contribution in [0.2, 0.25) is 5.02 Å². The maximum absolute atomic E-state index is 9.54. The molecule has 0 spiro atoms. The van der Waals surface area contributed by atoms with Gasteiger partial charge in [0, 0.05) is 28.3 Å². The smallest absolute Gasteiger partial charge is 0.0737 e. The number of halogens is 1. The lowest BCUT2D eigenvalue weighted by Crippen LogP contribution is -2.28. The van der Waals surface area contributed by atoms with Crippen molar-refractivity contribution >= 4 is 28.2 Å². The molecule has 2 N–H and O–H groups in total. The lowest BCUT2D eigenvalue weighted by atomic mass is 9.93. The van der Waals surface area contributed by atoms with Crippen LogP contribution in [0.3, 0.4) is 0 Å². The van der Waals surface area contributed by atoms with Crippen LogP contribution in [0.1, 0.15) is 25.7 Å². The number of nitrogens with one attached hydrogen (secondary N) is 1. The Morgan fingerprint density at radius 2 is 1.95 bits per heavy atom. The Morgan fingerprint density at radius 1 is 1.16 bits per heavy atom. The van der Waals surface area contributed by atoms with Gasteiger partial charge in [0.15, 0.2) is 0 Å². The molecule has 3 nitrogen and oxygen atoms in total. The summed E-state index contributed by atoms with van der Waals surface area (Å²) in [5.74, 6) is 0. The SMILES string of the molecule is O[C@H]1CC[C@H](Nc2ccnc3cc(Cl)ccc23)CC1. The van der Waals surface area contributed by atoms with E-state index < -0.39 is 0 Å². The number of aromatic nitrogens is 1. The number of nitrogens with zero attached hydrogens (tertiary/aromatic N) is 1. The number of pyridine rings is 1. The average molecular weight is 277 g/mol. The summed E-state index contributed by atoms with van der Waals surface area (Å²) in [5, 5.41) is 14.9. The van der Waals surface area contributed by atoms with Gasteiger partial charge in [-0.25, -0.2) is 0 Å². The fraction of sp³-hybridized carbons (Fsp3) is 0.400. The normalized spacial score (nSPS) is 23.5. The Morgan fingerprint density at radius 3 is 2.74 bits per heavy atom. The number of fused-ring (bicyclic) bond motifs is 1. The molecule has 1 aromatic heterocycles. The number of aliphatic hydroxyl groups is 1. The summed E-state index contributed by atoms with van der Waals surface area (Å²) < 4.78 is 0. The topological polar surface area (TPSA) is 45.1 Å². The number of anilines is 1. The van der Waals surface area contributed by atoms with Crippen molar-refractivity contribution in [3.8, 4) is 0 Å². The van der Waals surface area contributed by atoms with E-state index in [-0.39, 0.29) is 6.10 Å². The lowest BCUT2D eigenvalue weighted by Gasteiger charge is -2.27. The van der Waals surface area contributed by atoms with E-state index in [0.717, 1.165) is 42.3 Å². The molecule has 1 saturated carbocycles. The van der Waals surface area contributed by atoms with Crippen molar-refractivity contribution < 1.29 is 5.11 Å². The second-order valence-electron chi connectivity index (χ2n) is 5.17. The van der Waals surface area contributed by atoms with E-state index in [2.05, 4.69) is 10.3 Å². The summed E-state index contributed by atoms with van der Waals surface area (Å²) >= 11 is 5.99. The molecule has 3 rings (SSSR count). The zero-order valence-electron chi connectivity index (χ0n) is 10.6. The van der Waals surface area contributed by atoms with Crippen LogP contribution in [0.4, 0.5) is 5.69 Å². The highest BCUT2D eigenvalue weighted by Gasteiger charge is 2.19. The average Bonchev–Trinajstić information content (AvgIpc) is 2.41. The second-order valence-corrected chi connectivity index (χ2v) is 5.61. The number of hydrogen-bond donors (Lipinski definition) is 2. The van der Waals surface area contributed by atoms with Crippen molar-refractivity contribution in [1.29, 1.82) is 0 Å². The predicted octanol–water partition coefficient (Wildman–Crippen LogP) is 3.60. The van der Waals surface area contributed by atoms with Gasteiger partial charge in [-0.05, 0) is 49.9 Å². The largest absolute Gasteiger partial charge is 0.393 e. The fourth-order valence-electron chi connectivity index (χ4n) is 2.69. The number of aliphatic hydroxyl groups excluding tert-OH is 1. The quantitative estimate of drug-likeness (QED) is 0.881. The zero-order chi connectivity index (χ0) is 13.2. The van der Waals surface area contributed by atoms with Gasteiger partial charge < -0.3 is 10.4 Å². The molecule has 1 aliphatic rings. The number of benzene rings is 1. The highest BCUT2D eigenvalue weighted by atomic mass is 35.5. The van der Waals surface area contributed by atoms with E-state index in [1.54, 1.807) is 6.20 Å². The van der Waals surface area contributed by atoms with Crippen molar-refractivity contribution in [2.45, 2.75) is 37.8 Å². The maximum atomic E-state index is 9.54. The van der Waals surface area contributed by atoms with Crippen molar-refractivity contribution in [2.75, 3.05) is 5.32 Å². The molecule has 0 radical (unpaired) electrons. The first-order valence-electron chi connectivity index (χ1n) is 6.71. The van der Waals surface area contributed by atoms with Crippen LogP contribution < -0.4 is 5.32 Å². The minimum atomic E-state index is -0.119. The van der Waals surface area contributed by atoms with E-state index in [1.807, 2.05) is 24.3 Å². The monoisotopic (exact) mass is 276 g/mol. The van der Waals surface area contributed by atoms with Gasteiger partial charge in [0.05, 0.1) is 11.6 Å². The van der Waals surface area contributed by atoms with Crippen LogP contribution in [0.15, 0.2) is 30.5 Å². The minimum Gasteiger partial charge on any atom is -0.393 e. The molecular weight excluding hydrogens is 260 g/mol.